The summed E-state index contributed by atoms with van der Waals surface area (Å²) in [6.07, 6.45) is 1.58. The summed E-state index contributed by atoms with van der Waals surface area (Å²) in [6, 6.07) is 0. The molecule has 1 aromatic rings. The first-order valence-electron chi connectivity index (χ1n) is 2.08. The molecular weight excluding hydrogens is 108 g/mol. The molecule has 1 heterocycles. The van der Waals surface area contributed by atoms with E-state index in [-0.39, 0.29) is 12.0 Å². The van der Waals surface area contributed by atoms with E-state index >= 15 is 0 Å². The van der Waals surface area contributed by atoms with Crippen LogP contribution in [0.15, 0.2) is 10.6 Å². The minimum Gasteiger partial charge on any atom is -0.453 e. The SMILES string of the molecule is COc1ncc(N)o1. The predicted molar refractivity (Wildman–Crippen MR) is 27.5 cm³/mol. The third-order valence-electron chi connectivity index (χ3n) is 0.677. The number of rotatable bonds is 1. The Hall–Kier alpha value is -1.19. The first kappa shape index (κ1) is 4.96. The number of anilines is 1. The normalized spacial score (nSPS) is 9.12. The average Bonchev–Trinajstić information content (AvgIpc) is 2.14. The van der Waals surface area contributed by atoms with E-state index in [0.29, 0.717) is 0 Å². The molecule has 0 amide bonds. The zero-order valence-corrected chi connectivity index (χ0v) is 4.42. The van der Waals surface area contributed by atoms with Crippen molar-refractivity contribution in [1.29, 1.82) is 0 Å². The zero-order valence-electron chi connectivity index (χ0n) is 4.42. The fourth-order valence-electron chi connectivity index (χ4n) is 0.364. The highest BCUT2D eigenvalue weighted by Gasteiger charge is 1.95. The molecule has 4 nitrogen and oxygen atoms in total. The number of nitrogen functional groups attached to an aromatic ring is 1. The number of methoxy groups -OCH3 is 1. The van der Waals surface area contributed by atoms with Crippen LogP contribution in [-0.2, 0) is 0 Å². The molecular formula is C4H6N2O2. The molecule has 44 valence electrons. The van der Waals surface area contributed by atoms with Gasteiger partial charge >= 0.3 is 6.08 Å². The van der Waals surface area contributed by atoms with E-state index in [1.807, 2.05) is 0 Å². The standard InChI is InChI=1S/C4H6N2O2/c1-7-4-6-2-3(5)8-4/h2H,5H2,1H3. The largest absolute Gasteiger partial charge is 0.453 e. The van der Waals surface area contributed by atoms with Crippen molar-refractivity contribution in [3.8, 4) is 6.08 Å². The summed E-state index contributed by atoms with van der Waals surface area (Å²) in [5.74, 6) is 0.266. The van der Waals surface area contributed by atoms with Gasteiger partial charge in [-0.2, -0.15) is 4.98 Å². The van der Waals surface area contributed by atoms with Crippen LogP contribution in [-0.4, -0.2) is 12.1 Å². The number of hydrogen-bond acceptors (Lipinski definition) is 4. The molecule has 0 aromatic carbocycles. The fraction of sp³-hybridized carbons (Fsp3) is 0.250. The van der Waals surface area contributed by atoms with Gasteiger partial charge in [0.05, 0.1) is 13.3 Å². The predicted octanol–water partition coefficient (Wildman–Crippen LogP) is 0.265. The molecule has 8 heavy (non-hydrogen) atoms. The van der Waals surface area contributed by atoms with Gasteiger partial charge in [0, 0.05) is 0 Å². The van der Waals surface area contributed by atoms with E-state index in [0.717, 1.165) is 0 Å². The summed E-state index contributed by atoms with van der Waals surface area (Å²) in [6.45, 7) is 0. The van der Waals surface area contributed by atoms with Crippen molar-refractivity contribution in [2.45, 2.75) is 0 Å². The van der Waals surface area contributed by atoms with E-state index < -0.39 is 0 Å². The smallest absolute Gasteiger partial charge is 0.395 e. The van der Waals surface area contributed by atoms with E-state index in [2.05, 4.69) is 14.1 Å². The Morgan fingerprint density at radius 1 is 1.88 bits per heavy atom. The van der Waals surface area contributed by atoms with Gasteiger partial charge in [-0.3, -0.25) is 0 Å². The maximum absolute atomic E-state index is 5.14. The third kappa shape index (κ3) is 0.726. The molecule has 0 spiro atoms. The fourth-order valence-corrected chi connectivity index (χ4v) is 0.364. The topological polar surface area (TPSA) is 61.3 Å². The van der Waals surface area contributed by atoms with Crippen molar-refractivity contribution in [2.24, 2.45) is 0 Å². The number of ether oxygens (including phenoxy) is 1. The highest BCUT2D eigenvalue weighted by atomic mass is 16.6. The maximum Gasteiger partial charge on any atom is 0.395 e. The number of nitrogens with two attached hydrogens (primary N) is 1. The van der Waals surface area contributed by atoms with Gasteiger partial charge in [0.1, 0.15) is 0 Å². The lowest BCUT2D eigenvalue weighted by molar-refractivity contribution is 0.295. The summed E-state index contributed by atoms with van der Waals surface area (Å²) >= 11 is 0. The molecule has 0 atom stereocenters. The quantitative estimate of drug-likeness (QED) is 0.569. The monoisotopic (exact) mass is 114 g/mol. The van der Waals surface area contributed by atoms with Gasteiger partial charge in [-0.25, -0.2) is 0 Å². The third-order valence-corrected chi connectivity index (χ3v) is 0.677. The molecule has 0 fully saturated rings. The van der Waals surface area contributed by atoms with Gasteiger partial charge in [-0.15, -0.1) is 0 Å². The van der Waals surface area contributed by atoms with Crippen LogP contribution < -0.4 is 10.5 Å². The molecule has 0 unspecified atom stereocenters. The Bertz CT molecular complexity index is 172. The average molecular weight is 114 g/mol. The first-order chi connectivity index (χ1) is 3.83. The number of aromatic nitrogens is 1. The highest BCUT2D eigenvalue weighted by Crippen LogP contribution is 2.10. The summed E-state index contributed by atoms with van der Waals surface area (Å²) in [5, 5.41) is 0. The second-order valence-corrected chi connectivity index (χ2v) is 1.23. The van der Waals surface area contributed by atoms with Crippen molar-refractivity contribution in [3.63, 3.8) is 0 Å². The molecule has 0 aliphatic heterocycles. The van der Waals surface area contributed by atoms with Crippen LogP contribution in [0.3, 0.4) is 0 Å². The number of nitrogens with zero attached hydrogens (tertiary/aromatic N) is 1. The second-order valence-electron chi connectivity index (χ2n) is 1.23. The minimum absolute atomic E-state index is 0.197. The Balaban J connectivity index is 2.84. The summed E-state index contributed by atoms with van der Waals surface area (Å²) in [4.78, 5) is 3.62. The molecule has 0 saturated heterocycles. The van der Waals surface area contributed by atoms with E-state index in [4.69, 9.17) is 5.73 Å². The molecule has 0 aliphatic carbocycles. The van der Waals surface area contributed by atoms with Crippen LogP contribution in [0.4, 0.5) is 5.88 Å². The van der Waals surface area contributed by atoms with Gasteiger partial charge in [-0.05, 0) is 0 Å². The van der Waals surface area contributed by atoms with Crippen molar-refractivity contribution >= 4 is 5.88 Å². The van der Waals surface area contributed by atoms with Crippen molar-refractivity contribution in [1.82, 2.24) is 4.98 Å². The summed E-state index contributed by atoms with van der Waals surface area (Å²) in [7, 11) is 1.46. The van der Waals surface area contributed by atoms with Crippen LogP contribution in [0, 0.1) is 0 Å². The molecule has 1 rings (SSSR count). The van der Waals surface area contributed by atoms with Crippen LogP contribution >= 0.6 is 0 Å². The van der Waals surface area contributed by atoms with Gasteiger partial charge in [0.25, 0.3) is 0 Å². The summed E-state index contributed by atoms with van der Waals surface area (Å²) in [5.41, 5.74) is 5.14. The Labute approximate surface area is 46.3 Å². The van der Waals surface area contributed by atoms with Gasteiger partial charge in [-0.1, -0.05) is 0 Å². The second kappa shape index (κ2) is 1.73. The highest BCUT2D eigenvalue weighted by molar-refractivity contribution is 5.19. The van der Waals surface area contributed by atoms with Crippen LogP contribution in [0.2, 0.25) is 0 Å². The number of hydrogen-bond donors (Lipinski definition) is 1. The molecule has 0 radical (unpaired) electrons. The van der Waals surface area contributed by atoms with E-state index in [9.17, 15) is 0 Å². The summed E-state index contributed by atoms with van der Waals surface area (Å²) < 4.78 is 9.25. The molecule has 1 aromatic heterocycles. The van der Waals surface area contributed by atoms with Crippen molar-refractivity contribution in [2.75, 3.05) is 12.8 Å². The Morgan fingerprint density at radius 2 is 2.62 bits per heavy atom. The van der Waals surface area contributed by atoms with Gasteiger partial charge in [0.2, 0.25) is 5.88 Å². The Kier molecular flexibility index (Phi) is 1.07. The number of oxazole rings is 1. The van der Waals surface area contributed by atoms with Crippen molar-refractivity contribution in [3.05, 3.63) is 6.20 Å². The molecule has 4 heteroatoms. The molecule has 0 bridgehead atoms. The molecule has 0 aliphatic rings. The lowest BCUT2D eigenvalue weighted by atomic mass is 10.9. The van der Waals surface area contributed by atoms with Crippen LogP contribution in [0.5, 0.6) is 6.08 Å². The lowest BCUT2D eigenvalue weighted by Crippen LogP contribution is -1.79. The first-order valence-corrected chi connectivity index (χ1v) is 2.08. The van der Waals surface area contributed by atoms with E-state index in [1.54, 1.807) is 0 Å². The van der Waals surface area contributed by atoms with Gasteiger partial charge < -0.3 is 14.9 Å². The zero-order chi connectivity index (χ0) is 5.98. The minimum atomic E-state index is 0.197. The molecule has 2 N–H and O–H groups in total. The van der Waals surface area contributed by atoms with E-state index in [1.165, 1.54) is 13.3 Å². The maximum atomic E-state index is 5.14. The van der Waals surface area contributed by atoms with Crippen molar-refractivity contribution < 1.29 is 9.15 Å². The van der Waals surface area contributed by atoms with Crippen LogP contribution in [0.25, 0.3) is 0 Å². The molecule has 0 saturated carbocycles. The van der Waals surface area contributed by atoms with Crippen LogP contribution in [0.1, 0.15) is 0 Å². The lowest BCUT2D eigenvalue weighted by Gasteiger charge is -1.84. The van der Waals surface area contributed by atoms with Gasteiger partial charge in [0.15, 0.2) is 0 Å². The Morgan fingerprint density at radius 3 is 2.88 bits per heavy atom.